The van der Waals surface area contributed by atoms with Gasteiger partial charge in [0, 0.05) is 74.8 Å². The molecule has 5 aromatic rings. The third kappa shape index (κ3) is 8.53. The monoisotopic (exact) mass is 863 g/mol. The van der Waals surface area contributed by atoms with Crippen LogP contribution in [-0.4, -0.2) is 117 Å². The highest BCUT2D eigenvalue weighted by Gasteiger charge is 2.45. The smallest absolute Gasteiger partial charge is 0.262 e. The minimum atomic E-state index is -0.962. The summed E-state index contributed by atoms with van der Waals surface area (Å²) >= 11 is 0. The quantitative estimate of drug-likeness (QED) is 0.137. The van der Waals surface area contributed by atoms with Crippen molar-refractivity contribution in [3.05, 3.63) is 102 Å². The third-order valence-electron chi connectivity index (χ3n) is 13.8. The number of hydrogen-bond acceptors (Lipinski definition) is 12. The molecule has 1 atom stereocenters. The van der Waals surface area contributed by atoms with Crippen LogP contribution in [0.25, 0.3) is 11.2 Å². The van der Waals surface area contributed by atoms with Crippen LogP contribution in [0.15, 0.2) is 85.5 Å². The zero-order valence-corrected chi connectivity index (χ0v) is 35.8. The van der Waals surface area contributed by atoms with Gasteiger partial charge in [-0.2, -0.15) is 0 Å². The van der Waals surface area contributed by atoms with Gasteiger partial charge in [0.1, 0.15) is 12.4 Å². The maximum atomic E-state index is 13.3. The number of benzene rings is 3. The number of carbonyl (C=O) groups is 5. The van der Waals surface area contributed by atoms with Crippen LogP contribution >= 0.6 is 0 Å². The molecular formula is C48H53N11O5. The van der Waals surface area contributed by atoms with Gasteiger partial charge in [0.05, 0.1) is 23.9 Å². The average molecular weight is 864 g/mol. The number of piperazine rings is 1. The molecule has 16 heteroatoms. The van der Waals surface area contributed by atoms with E-state index in [1.165, 1.54) is 31.4 Å². The van der Waals surface area contributed by atoms with E-state index in [2.05, 4.69) is 69.5 Å². The van der Waals surface area contributed by atoms with Gasteiger partial charge in [-0.25, -0.2) is 15.0 Å². The molecule has 16 nitrogen and oxygen atoms in total. The first kappa shape index (κ1) is 41.3. The van der Waals surface area contributed by atoms with Crippen LogP contribution in [0.1, 0.15) is 83.7 Å². The molecule has 330 valence electrons. The third-order valence-corrected chi connectivity index (χ3v) is 13.8. The molecular weight excluding hydrogens is 811 g/mol. The van der Waals surface area contributed by atoms with E-state index in [0.29, 0.717) is 29.3 Å². The summed E-state index contributed by atoms with van der Waals surface area (Å²) in [5.74, 6) is -0.495. The molecule has 3 aromatic carbocycles. The van der Waals surface area contributed by atoms with Gasteiger partial charge in [-0.3, -0.25) is 39.1 Å². The number of piperidine rings is 2. The van der Waals surface area contributed by atoms with Gasteiger partial charge in [-0.1, -0.05) is 30.3 Å². The molecule has 1 saturated carbocycles. The van der Waals surface area contributed by atoms with E-state index in [1.54, 1.807) is 18.5 Å². The topological polar surface area (TPSA) is 178 Å². The summed E-state index contributed by atoms with van der Waals surface area (Å²) in [5.41, 5.74) is 6.22. The minimum absolute atomic E-state index is 0.0489. The van der Waals surface area contributed by atoms with Crippen molar-refractivity contribution in [1.29, 1.82) is 0 Å². The Kier molecular flexibility index (Phi) is 11.5. The van der Waals surface area contributed by atoms with Gasteiger partial charge < -0.3 is 25.0 Å². The predicted octanol–water partition coefficient (Wildman–Crippen LogP) is 4.85. The van der Waals surface area contributed by atoms with Gasteiger partial charge in [0.2, 0.25) is 17.7 Å². The van der Waals surface area contributed by atoms with Crippen molar-refractivity contribution in [3.8, 4) is 0 Å². The SMILES string of the molecule is O=C1CCC(N2C(=O)c3ccc(N4CCN(CCCC5CCN(c6ccc(Nc7ncnc8c7ncn8C7CC(NC(=O)Cc8ccccc8)C7)cc6)CC5)CC4)cc3C2=O)C(=O)N1. The summed E-state index contributed by atoms with van der Waals surface area (Å²) < 4.78 is 2.10. The normalized spacial score (nSPS) is 21.8. The fourth-order valence-corrected chi connectivity index (χ4v) is 10.1. The van der Waals surface area contributed by atoms with Crippen LogP contribution in [0.5, 0.6) is 0 Å². The molecule has 3 saturated heterocycles. The van der Waals surface area contributed by atoms with Crippen molar-refractivity contribution in [2.24, 2.45) is 5.92 Å². The number of hydrogen-bond donors (Lipinski definition) is 3. The van der Waals surface area contributed by atoms with E-state index >= 15 is 0 Å². The maximum absolute atomic E-state index is 13.3. The first-order valence-electron chi connectivity index (χ1n) is 22.7. The van der Waals surface area contributed by atoms with E-state index in [-0.39, 0.29) is 36.7 Å². The number of nitrogens with zero attached hydrogens (tertiary/aromatic N) is 8. The number of carbonyl (C=O) groups excluding carboxylic acids is 5. The largest absolute Gasteiger partial charge is 0.372 e. The lowest BCUT2D eigenvalue weighted by Gasteiger charge is -2.37. The Morgan fingerprint density at radius 1 is 0.766 bits per heavy atom. The van der Waals surface area contributed by atoms with Crippen LogP contribution in [0.4, 0.5) is 22.9 Å². The van der Waals surface area contributed by atoms with Crippen molar-refractivity contribution in [2.75, 3.05) is 60.9 Å². The molecule has 3 N–H and O–H groups in total. The number of imidazole rings is 1. The van der Waals surface area contributed by atoms with Crippen LogP contribution in [0.2, 0.25) is 0 Å². The number of anilines is 4. The number of fused-ring (bicyclic) bond motifs is 2. The zero-order valence-electron chi connectivity index (χ0n) is 35.8. The van der Waals surface area contributed by atoms with Crippen molar-refractivity contribution in [1.82, 2.24) is 40.0 Å². The Morgan fingerprint density at radius 3 is 2.27 bits per heavy atom. The Morgan fingerprint density at radius 2 is 1.50 bits per heavy atom. The second-order valence-electron chi connectivity index (χ2n) is 17.8. The number of rotatable bonds is 13. The van der Waals surface area contributed by atoms with Gasteiger partial charge in [0.15, 0.2) is 17.0 Å². The average Bonchev–Trinajstić information content (AvgIpc) is 3.83. The minimum Gasteiger partial charge on any atom is -0.372 e. The summed E-state index contributed by atoms with van der Waals surface area (Å²) in [7, 11) is 0. The standard InChI is InChI=1S/C48H53N11O5/c60-41-15-14-40(46(62)54-41)59-47(63)38-13-12-36(28-39(38)48(59)64)57-23-21-55(22-24-57)18-4-7-31-16-19-56(20-17-31)35-10-8-33(9-11-35)53-44-43-45(50-29-49-44)58(30-51-43)37-26-34(27-37)52-42(61)25-32-5-2-1-3-6-32/h1-3,5-6,8-13,28-31,34,37,40H,4,7,14-27H2,(H,52,61)(H,49,50,53)(H,54,60,62). The van der Waals surface area contributed by atoms with E-state index < -0.39 is 23.8 Å². The molecule has 1 unspecified atom stereocenters. The molecule has 4 aliphatic heterocycles. The van der Waals surface area contributed by atoms with E-state index in [9.17, 15) is 24.0 Å². The molecule has 0 spiro atoms. The fourth-order valence-electron chi connectivity index (χ4n) is 10.1. The van der Waals surface area contributed by atoms with Gasteiger partial charge in [-0.05, 0) is 105 Å². The summed E-state index contributed by atoms with van der Waals surface area (Å²) in [6.45, 7) is 6.67. The Labute approximate surface area is 371 Å². The first-order chi connectivity index (χ1) is 31.2. The molecule has 0 radical (unpaired) electrons. The predicted molar refractivity (Wildman–Crippen MR) is 241 cm³/mol. The second-order valence-corrected chi connectivity index (χ2v) is 17.8. The Hall–Kier alpha value is -6.68. The Bertz CT molecular complexity index is 2560. The number of nitrogens with one attached hydrogen (secondary N) is 3. The number of aromatic nitrogens is 4. The highest BCUT2D eigenvalue weighted by atomic mass is 16.2. The summed E-state index contributed by atoms with van der Waals surface area (Å²) in [4.78, 5) is 85.2. The lowest BCUT2D eigenvalue weighted by Crippen LogP contribution is -2.54. The second kappa shape index (κ2) is 17.8. The molecule has 6 heterocycles. The van der Waals surface area contributed by atoms with Crippen LogP contribution in [-0.2, 0) is 20.8 Å². The van der Waals surface area contributed by atoms with Crippen molar-refractivity contribution < 1.29 is 24.0 Å². The van der Waals surface area contributed by atoms with Crippen LogP contribution < -0.4 is 25.8 Å². The van der Waals surface area contributed by atoms with E-state index in [1.807, 2.05) is 42.7 Å². The summed E-state index contributed by atoms with van der Waals surface area (Å²) in [6, 6.07) is 23.1. The lowest BCUT2D eigenvalue weighted by molar-refractivity contribution is -0.136. The molecule has 64 heavy (non-hydrogen) atoms. The summed E-state index contributed by atoms with van der Waals surface area (Å²) in [5, 5.41) is 8.89. The molecule has 2 aromatic heterocycles. The Balaban J connectivity index is 0.643. The van der Waals surface area contributed by atoms with Gasteiger partial charge in [0.25, 0.3) is 11.8 Å². The van der Waals surface area contributed by atoms with E-state index in [4.69, 9.17) is 4.98 Å². The number of imide groups is 2. The zero-order chi connectivity index (χ0) is 43.7. The molecule has 0 bridgehead atoms. The molecule has 10 rings (SSSR count). The van der Waals surface area contributed by atoms with Crippen LogP contribution in [0, 0.1) is 5.92 Å². The van der Waals surface area contributed by atoms with Crippen LogP contribution in [0.3, 0.4) is 0 Å². The first-order valence-corrected chi connectivity index (χ1v) is 22.7. The fraction of sp³-hybridized carbons (Fsp3) is 0.417. The molecule has 4 fully saturated rings. The maximum Gasteiger partial charge on any atom is 0.262 e. The highest BCUT2D eigenvalue weighted by Crippen LogP contribution is 2.36. The molecule has 5 amide bonds. The highest BCUT2D eigenvalue weighted by molar-refractivity contribution is 6.23. The molecule has 5 aliphatic rings. The van der Waals surface area contributed by atoms with Crippen molar-refractivity contribution in [3.63, 3.8) is 0 Å². The van der Waals surface area contributed by atoms with Gasteiger partial charge in [-0.15, -0.1) is 0 Å². The lowest BCUT2D eigenvalue weighted by atomic mass is 9.86. The van der Waals surface area contributed by atoms with Crippen molar-refractivity contribution >= 4 is 63.6 Å². The molecule has 1 aliphatic carbocycles. The van der Waals surface area contributed by atoms with Gasteiger partial charge >= 0.3 is 0 Å². The van der Waals surface area contributed by atoms with E-state index in [0.717, 1.165) is 91.7 Å². The number of amides is 5. The summed E-state index contributed by atoms with van der Waals surface area (Å²) in [6.07, 6.45) is 10.5. The van der Waals surface area contributed by atoms with Crippen molar-refractivity contribution in [2.45, 2.75) is 75.9 Å².